The van der Waals surface area contributed by atoms with Gasteiger partial charge in [0.25, 0.3) is 0 Å². The maximum absolute atomic E-state index is 3.60. The van der Waals surface area contributed by atoms with Crippen molar-refractivity contribution in [2.24, 2.45) is 0 Å². The zero-order chi connectivity index (χ0) is 14.2. The van der Waals surface area contributed by atoms with Crippen LogP contribution in [0.1, 0.15) is 43.4 Å². The number of nitrogens with zero attached hydrogens (tertiary/aromatic N) is 1. The molecule has 1 aliphatic heterocycles. The van der Waals surface area contributed by atoms with Gasteiger partial charge in [0, 0.05) is 24.3 Å². The summed E-state index contributed by atoms with van der Waals surface area (Å²) < 4.78 is 0. The molecule has 106 valence electrons. The smallest absolute Gasteiger partial charge is 0.0398 e. The normalized spacial score (nSPS) is 22.3. The van der Waals surface area contributed by atoms with Crippen molar-refractivity contribution >= 4 is 5.69 Å². The van der Waals surface area contributed by atoms with E-state index >= 15 is 0 Å². The van der Waals surface area contributed by atoms with Crippen LogP contribution in [0.5, 0.6) is 0 Å². The summed E-state index contributed by atoms with van der Waals surface area (Å²) >= 11 is 0. The van der Waals surface area contributed by atoms with E-state index in [1.54, 1.807) is 0 Å². The topological polar surface area (TPSA) is 15.3 Å². The van der Waals surface area contributed by atoms with Crippen LogP contribution in [0.2, 0.25) is 0 Å². The summed E-state index contributed by atoms with van der Waals surface area (Å²) in [5.41, 5.74) is 5.90. The molecule has 1 N–H and O–H groups in total. The Bertz CT molecular complexity index is 463. The van der Waals surface area contributed by atoms with Crippen LogP contribution in [0.3, 0.4) is 0 Å². The number of nitrogens with one attached hydrogen (secondary N) is 1. The molecule has 0 bridgehead atoms. The molecule has 1 aromatic carbocycles. The van der Waals surface area contributed by atoms with Gasteiger partial charge in [-0.1, -0.05) is 6.07 Å². The van der Waals surface area contributed by atoms with E-state index in [0.29, 0.717) is 6.04 Å². The van der Waals surface area contributed by atoms with Crippen molar-refractivity contribution in [1.82, 2.24) is 5.32 Å². The SMILES string of the molecule is Cc1ccc(N(C)C2CCNC(C)(C)C2)c(C)c1C. The molecular weight excluding hydrogens is 232 g/mol. The summed E-state index contributed by atoms with van der Waals surface area (Å²) in [5.74, 6) is 0. The van der Waals surface area contributed by atoms with Gasteiger partial charge in [-0.3, -0.25) is 0 Å². The quantitative estimate of drug-likeness (QED) is 0.874. The van der Waals surface area contributed by atoms with Crippen LogP contribution in [0.25, 0.3) is 0 Å². The van der Waals surface area contributed by atoms with Gasteiger partial charge in [0.15, 0.2) is 0 Å². The molecule has 0 saturated carbocycles. The first-order valence-electron chi connectivity index (χ1n) is 7.36. The van der Waals surface area contributed by atoms with Gasteiger partial charge in [0.1, 0.15) is 0 Å². The van der Waals surface area contributed by atoms with Crippen LogP contribution in [0, 0.1) is 20.8 Å². The molecule has 19 heavy (non-hydrogen) atoms. The largest absolute Gasteiger partial charge is 0.371 e. The second-order valence-electron chi connectivity index (χ2n) is 6.72. The second kappa shape index (κ2) is 5.16. The first kappa shape index (κ1) is 14.4. The minimum atomic E-state index is 0.255. The van der Waals surface area contributed by atoms with Crippen molar-refractivity contribution in [1.29, 1.82) is 0 Å². The van der Waals surface area contributed by atoms with Gasteiger partial charge in [-0.15, -0.1) is 0 Å². The Kier molecular flexibility index (Phi) is 3.91. The van der Waals surface area contributed by atoms with Crippen LogP contribution in [-0.2, 0) is 0 Å². The van der Waals surface area contributed by atoms with Gasteiger partial charge in [-0.25, -0.2) is 0 Å². The van der Waals surface area contributed by atoms with Crippen LogP contribution in [-0.4, -0.2) is 25.2 Å². The second-order valence-corrected chi connectivity index (χ2v) is 6.72. The lowest BCUT2D eigenvalue weighted by molar-refractivity contribution is 0.271. The van der Waals surface area contributed by atoms with Gasteiger partial charge in [0.05, 0.1) is 0 Å². The molecule has 0 spiro atoms. The highest BCUT2D eigenvalue weighted by Crippen LogP contribution is 2.30. The minimum absolute atomic E-state index is 0.255. The van der Waals surface area contributed by atoms with Crippen molar-refractivity contribution in [2.45, 2.75) is 59.0 Å². The monoisotopic (exact) mass is 260 g/mol. The Hall–Kier alpha value is -1.02. The van der Waals surface area contributed by atoms with Crippen LogP contribution in [0.15, 0.2) is 12.1 Å². The molecule has 0 radical (unpaired) electrons. The third kappa shape index (κ3) is 2.94. The van der Waals surface area contributed by atoms with E-state index in [1.165, 1.54) is 35.2 Å². The van der Waals surface area contributed by atoms with Gasteiger partial charge in [-0.2, -0.15) is 0 Å². The highest BCUT2D eigenvalue weighted by molar-refractivity contribution is 5.58. The van der Waals surface area contributed by atoms with Crippen molar-refractivity contribution in [3.8, 4) is 0 Å². The average Bonchev–Trinajstić information content (AvgIpc) is 2.34. The molecule has 2 nitrogen and oxygen atoms in total. The Labute approximate surface area is 118 Å². The molecule has 1 aromatic rings. The van der Waals surface area contributed by atoms with Crippen molar-refractivity contribution < 1.29 is 0 Å². The molecule has 1 atom stereocenters. The summed E-state index contributed by atoms with van der Waals surface area (Å²) in [4.78, 5) is 2.49. The number of rotatable bonds is 2. The molecule has 1 unspecified atom stereocenters. The van der Waals surface area contributed by atoms with E-state index in [9.17, 15) is 0 Å². The number of benzene rings is 1. The molecule has 1 saturated heterocycles. The molecule has 2 rings (SSSR count). The average molecular weight is 260 g/mol. The van der Waals surface area contributed by atoms with Crippen LogP contribution in [0.4, 0.5) is 5.69 Å². The molecular formula is C17H28N2. The number of aryl methyl sites for hydroxylation is 1. The summed E-state index contributed by atoms with van der Waals surface area (Å²) in [6.45, 7) is 12.4. The third-order valence-corrected chi connectivity index (χ3v) is 4.78. The van der Waals surface area contributed by atoms with E-state index in [0.717, 1.165) is 6.54 Å². The molecule has 1 aliphatic rings. The fraction of sp³-hybridized carbons (Fsp3) is 0.647. The zero-order valence-corrected chi connectivity index (χ0v) is 13.3. The Balaban J connectivity index is 2.24. The van der Waals surface area contributed by atoms with E-state index in [-0.39, 0.29) is 5.54 Å². The fourth-order valence-electron chi connectivity index (χ4n) is 3.19. The van der Waals surface area contributed by atoms with Crippen LogP contribution >= 0.6 is 0 Å². The lowest BCUT2D eigenvalue weighted by Gasteiger charge is -2.42. The molecule has 0 aliphatic carbocycles. The van der Waals surface area contributed by atoms with Crippen LogP contribution < -0.4 is 10.2 Å². The van der Waals surface area contributed by atoms with Gasteiger partial charge < -0.3 is 10.2 Å². The Morgan fingerprint density at radius 1 is 1.16 bits per heavy atom. The summed E-state index contributed by atoms with van der Waals surface area (Å²) in [7, 11) is 2.25. The first-order valence-corrected chi connectivity index (χ1v) is 7.36. The van der Waals surface area contributed by atoms with Gasteiger partial charge >= 0.3 is 0 Å². The lowest BCUT2D eigenvalue weighted by atomic mass is 9.88. The Morgan fingerprint density at radius 3 is 2.47 bits per heavy atom. The molecule has 2 heteroatoms. The highest BCUT2D eigenvalue weighted by Gasteiger charge is 2.30. The Morgan fingerprint density at radius 2 is 1.84 bits per heavy atom. The van der Waals surface area contributed by atoms with Crippen molar-refractivity contribution in [2.75, 3.05) is 18.5 Å². The zero-order valence-electron chi connectivity index (χ0n) is 13.3. The summed E-state index contributed by atoms with van der Waals surface area (Å²) in [6.07, 6.45) is 2.43. The minimum Gasteiger partial charge on any atom is -0.371 e. The third-order valence-electron chi connectivity index (χ3n) is 4.78. The lowest BCUT2D eigenvalue weighted by Crippen LogP contribution is -2.52. The molecule has 0 aromatic heterocycles. The first-order chi connectivity index (χ1) is 8.82. The number of piperidine rings is 1. The number of anilines is 1. The van der Waals surface area contributed by atoms with E-state index in [4.69, 9.17) is 0 Å². The van der Waals surface area contributed by atoms with Gasteiger partial charge in [0.2, 0.25) is 0 Å². The standard InChI is InChI=1S/C17H28N2/c1-12-7-8-16(14(3)13(12)2)19(6)15-9-10-18-17(4,5)11-15/h7-8,15,18H,9-11H2,1-6H3. The molecule has 1 heterocycles. The number of hydrogen-bond acceptors (Lipinski definition) is 2. The maximum Gasteiger partial charge on any atom is 0.0398 e. The summed E-state index contributed by atoms with van der Waals surface area (Å²) in [6, 6.07) is 5.17. The maximum atomic E-state index is 3.60. The fourth-order valence-corrected chi connectivity index (χ4v) is 3.19. The molecule has 1 fully saturated rings. The predicted octanol–water partition coefficient (Wildman–Crippen LogP) is 3.58. The van der Waals surface area contributed by atoms with E-state index < -0.39 is 0 Å². The number of hydrogen-bond donors (Lipinski definition) is 1. The summed E-state index contributed by atoms with van der Waals surface area (Å²) in [5, 5.41) is 3.60. The van der Waals surface area contributed by atoms with Crippen molar-refractivity contribution in [3.63, 3.8) is 0 Å². The van der Waals surface area contributed by atoms with Gasteiger partial charge in [-0.05, 0) is 76.8 Å². The van der Waals surface area contributed by atoms with E-state index in [2.05, 4.69) is 64.0 Å². The predicted molar refractivity (Wildman–Crippen MR) is 84.2 cm³/mol. The van der Waals surface area contributed by atoms with E-state index in [1.807, 2.05) is 0 Å². The molecule has 0 amide bonds. The van der Waals surface area contributed by atoms with Crippen molar-refractivity contribution in [3.05, 3.63) is 28.8 Å². The highest BCUT2D eigenvalue weighted by atomic mass is 15.2.